The van der Waals surface area contributed by atoms with Gasteiger partial charge in [0, 0.05) is 18.7 Å². The standard InChI is InChI=1S/C12H14F3N3O3/c1-7-5-16-18(9(7)10(19)20)8-3-2-4-17(6-8)11(21)12(13,14)15/h5,8H,2-4,6H2,1H3,(H,19,20). The molecule has 2 heterocycles. The monoisotopic (exact) mass is 305 g/mol. The maximum absolute atomic E-state index is 12.5. The second kappa shape index (κ2) is 5.38. The summed E-state index contributed by atoms with van der Waals surface area (Å²) in [6, 6.07) is -0.565. The fraction of sp³-hybridized carbons (Fsp3) is 0.583. The minimum atomic E-state index is -4.92. The molecule has 9 heteroatoms. The molecule has 0 aliphatic carbocycles. The molecule has 1 aromatic heterocycles. The van der Waals surface area contributed by atoms with Crippen LogP contribution in [-0.2, 0) is 4.79 Å². The summed E-state index contributed by atoms with van der Waals surface area (Å²) in [5.41, 5.74) is 0.378. The number of amides is 1. The van der Waals surface area contributed by atoms with Crippen molar-refractivity contribution in [2.75, 3.05) is 13.1 Å². The largest absolute Gasteiger partial charge is 0.477 e. The summed E-state index contributed by atoms with van der Waals surface area (Å²) < 4.78 is 38.6. The normalized spacial score (nSPS) is 19.6. The lowest BCUT2D eigenvalue weighted by atomic mass is 10.1. The maximum Gasteiger partial charge on any atom is 0.471 e. The van der Waals surface area contributed by atoms with Crippen molar-refractivity contribution in [2.24, 2.45) is 0 Å². The van der Waals surface area contributed by atoms with Crippen LogP contribution in [0.2, 0.25) is 0 Å². The van der Waals surface area contributed by atoms with Crippen LogP contribution in [0.15, 0.2) is 6.20 Å². The molecule has 1 atom stereocenters. The van der Waals surface area contributed by atoms with E-state index < -0.39 is 24.1 Å². The quantitative estimate of drug-likeness (QED) is 0.901. The van der Waals surface area contributed by atoms with E-state index in [1.165, 1.54) is 10.9 Å². The van der Waals surface area contributed by atoms with Gasteiger partial charge in [-0.25, -0.2) is 4.79 Å². The van der Waals surface area contributed by atoms with E-state index in [0.29, 0.717) is 23.3 Å². The first kappa shape index (κ1) is 15.3. The number of carboxylic acids is 1. The van der Waals surface area contributed by atoms with Crippen molar-refractivity contribution in [1.29, 1.82) is 0 Å². The van der Waals surface area contributed by atoms with E-state index in [1.54, 1.807) is 6.92 Å². The highest BCUT2D eigenvalue weighted by atomic mass is 19.4. The Kier molecular flexibility index (Phi) is 3.93. The summed E-state index contributed by atoms with van der Waals surface area (Å²) in [5, 5.41) is 13.1. The number of aromatic nitrogens is 2. The smallest absolute Gasteiger partial charge is 0.471 e. The first-order valence-corrected chi connectivity index (χ1v) is 6.35. The Balaban J connectivity index is 2.23. The SMILES string of the molecule is Cc1cnn(C2CCCN(C(=O)C(F)(F)F)C2)c1C(=O)O. The first-order valence-electron chi connectivity index (χ1n) is 6.35. The van der Waals surface area contributed by atoms with Gasteiger partial charge in [0.2, 0.25) is 0 Å². The van der Waals surface area contributed by atoms with Gasteiger partial charge in [0.25, 0.3) is 0 Å². The molecule has 1 unspecified atom stereocenters. The summed E-state index contributed by atoms with van der Waals surface area (Å²) in [5.74, 6) is -3.09. The number of carboxylic acid groups (broad SMARTS) is 1. The highest BCUT2D eigenvalue weighted by molar-refractivity contribution is 5.87. The molecule has 0 bridgehead atoms. The van der Waals surface area contributed by atoms with Crippen molar-refractivity contribution < 1.29 is 27.9 Å². The molecule has 0 aromatic carbocycles. The second-order valence-electron chi connectivity index (χ2n) is 4.97. The molecular weight excluding hydrogens is 291 g/mol. The number of likely N-dealkylation sites (tertiary alicyclic amines) is 1. The van der Waals surface area contributed by atoms with Crippen molar-refractivity contribution in [3.8, 4) is 0 Å². The van der Waals surface area contributed by atoms with Gasteiger partial charge in [0.05, 0.1) is 12.2 Å². The lowest BCUT2D eigenvalue weighted by molar-refractivity contribution is -0.187. The Morgan fingerprint density at radius 1 is 1.43 bits per heavy atom. The zero-order valence-electron chi connectivity index (χ0n) is 11.2. The Morgan fingerprint density at radius 3 is 2.67 bits per heavy atom. The first-order chi connectivity index (χ1) is 9.71. The lowest BCUT2D eigenvalue weighted by Gasteiger charge is -2.33. The van der Waals surface area contributed by atoms with Gasteiger partial charge < -0.3 is 10.0 Å². The number of halogens is 3. The fourth-order valence-electron chi connectivity index (χ4n) is 2.51. The van der Waals surface area contributed by atoms with E-state index in [2.05, 4.69) is 5.10 Å². The molecule has 6 nitrogen and oxygen atoms in total. The predicted octanol–water partition coefficient (Wildman–Crippen LogP) is 1.62. The van der Waals surface area contributed by atoms with Gasteiger partial charge in [0.15, 0.2) is 0 Å². The van der Waals surface area contributed by atoms with Crippen molar-refractivity contribution in [3.63, 3.8) is 0 Å². The van der Waals surface area contributed by atoms with E-state index >= 15 is 0 Å². The minimum Gasteiger partial charge on any atom is -0.477 e. The average molecular weight is 305 g/mol. The summed E-state index contributed by atoms with van der Waals surface area (Å²) >= 11 is 0. The Labute approximate surface area is 118 Å². The van der Waals surface area contributed by atoms with E-state index in [1.807, 2.05) is 0 Å². The molecule has 21 heavy (non-hydrogen) atoms. The molecule has 1 N–H and O–H groups in total. The molecule has 0 spiro atoms. The summed E-state index contributed by atoms with van der Waals surface area (Å²) in [7, 11) is 0. The predicted molar refractivity (Wildman–Crippen MR) is 64.8 cm³/mol. The number of aromatic carboxylic acids is 1. The Hall–Kier alpha value is -2.06. The van der Waals surface area contributed by atoms with Crippen LogP contribution in [0.5, 0.6) is 0 Å². The molecule has 1 aliphatic rings. The highest BCUT2D eigenvalue weighted by Gasteiger charge is 2.44. The number of hydrogen-bond acceptors (Lipinski definition) is 3. The van der Waals surface area contributed by atoms with Gasteiger partial charge in [0.1, 0.15) is 5.69 Å². The van der Waals surface area contributed by atoms with Crippen molar-refractivity contribution in [3.05, 3.63) is 17.5 Å². The number of aryl methyl sites for hydroxylation is 1. The zero-order valence-corrected chi connectivity index (χ0v) is 11.2. The van der Waals surface area contributed by atoms with Gasteiger partial charge in [-0.2, -0.15) is 18.3 Å². The topological polar surface area (TPSA) is 75.4 Å². The Morgan fingerprint density at radius 2 is 2.10 bits per heavy atom. The highest BCUT2D eigenvalue weighted by Crippen LogP contribution is 2.27. The van der Waals surface area contributed by atoms with Crippen molar-refractivity contribution in [2.45, 2.75) is 32.0 Å². The van der Waals surface area contributed by atoms with Gasteiger partial charge in [-0.1, -0.05) is 0 Å². The third kappa shape index (κ3) is 3.01. The molecular formula is C12H14F3N3O3. The number of carbonyl (C=O) groups is 2. The van der Waals surface area contributed by atoms with Gasteiger partial charge in [-0.05, 0) is 19.8 Å². The molecule has 1 aromatic rings. The molecule has 2 rings (SSSR count). The molecule has 116 valence electrons. The zero-order chi connectivity index (χ0) is 15.8. The third-order valence-corrected chi connectivity index (χ3v) is 3.45. The molecule has 1 saturated heterocycles. The lowest BCUT2D eigenvalue weighted by Crippen LogP contribution is -2.47. The number of rotatable bonds is 2. The molecule has 0 radical (unpaired) electrons. The Bertz CT molecular complexity index is 568. The molecule has 1 amide bonds. The van der Waals surface area contributed by atoms with Gasteiger partial charge >= 0.3 is 18.1 Å². The molecule has 0 saturated carbocycles. The minimum absolute atomic E-state index is 0.0114. The van der Waals surface area contributed by atoms with Crippen LogP contribution in [0.25, 0.3) is 0 Å². The van der Waals surface area contributed by atoms with E-state index in [0.717, 1.165) is 0 Å². The summed E-state index contributed by atoms with van der Waals surface area (Å²) in [6.07, 6.45) is -2.72. The van der Waals surface area contributed by atoms with Crippen LogP contribution < -0.4 is 0 Å². The molecule has 1 aliphatic heterocycles. The van der Waals surface area contributed by atoms with Crippen molar-refractivity contribution in [1.82, 2.24) is 14.7 Å². The number of piperidine rings is 1. The molecule has 1 fully saturated rings. The second-order valence-corrected chi connectivity index (χ2v) is 4.97. The van der Waals surface area contributed by atoms with E-state index in [4.69, 9.17) is 5.11 Å². The van der Waals surface area contributed by atoms with Crippen LogP contribution in [0.3, 0.4) is 0 Å². The van der Waals surface area contributed by atoms with Crippen LogP contribution >= 0.6 is 0 Å². The van der Waals surface area contributed by atoms with Crippen molar-refractivity contribution >= 4 is 11.9 Å². The van der Waals surface area contributed by atoms with Crippen LogP contribution in [0.1, 0.15) is 34.9 Å². The van der Waals surface area contributed by atoms with E-state index in [-0.39, 0.29) is 18.8 Å². The third-order valence-electron chi connectivity index (χ3n) is 3.45. The van der Waals surface area contributed by atoms with Crippen LogP contribution in [0, 0.1) is 6.92 Å². The fourth-order valence-corrected chi connectivity index (χ4v) is 2.51. The maximum atomic E-state index is 12.5. The van der Waals surface area contributed by atoms with E-state index in [9.17, 15) is 22.8 Å². The number of hydrogen-bond donors (Lipinski definition) is 1. The number of carbonyl (C=O) groups excluding carboxylic acids is 1. The summed E-state index contributed by atoms with van der Waals surface area (Å²) in [4.78, 5) is 23.2. The summed E-state index contributed by atoms with van der Waals surface area (Å²) in [6.45, 7) is 1.38. The average Bonchev–Trinajstić information content (AvgIpc) is 2.79. The van der Waals surface area contributed by atoms with Gasteiger partial charge in [-0.3, -0.25) is 9.48 Å². The van der Waals surface area contributed by atoms with Gasteiger partial charge in [-0.15, -0.1) is 0 Å². The number of nitrogens with zero attached hydrogens (tertiary/aromatic N) is 3. The van der Waals surface area contributed by atoms with Crippen LogP contribution in [-0.4, -0.2) is 50.9 Å². The van der Waals surface area contributed by atoms with Crippen LogP contribution in [0.4, 0.5) is 13.2 Å². The number of alkyl halides is 3.